The third kappa shape index (κ3) is 2.93. The third-order valence-corrected chi connectivity index (χ3v) is 2.02. The van der Waals surface area contributed by atoms with Crippen LogP contribution in [0.2, 0.25) is 0 Å². The van der Waals surface area contributed by atoms with Gasteiger partial charge in [0.1, 0.15) is 6.42 Å². The van der Waals surface area contributed by atoms with Gasteiger partial charge in [0.2, 0.25) is 5.82 Å². The Bertz CT molecular complexity index is 493. The van der Waals surface area contributed by atoms with E-state index in [9.17, 15) is 28.1 Å². The normalized spacial score (nSPS) is 10.5. The minimum absolute atomic E-state index is 0.300. The number of nitro groups is 1. The molecule has 0 amide bonds. The van der Waals surface area contributed by atoms with Crippen LogP contribution in [0.5, 0.6) is 0 Å². The van der Waals surface area contributed by atoms with Crippen molar-refractivity contribution in [3.8, 4) is 0 Å². The minimum Gasteiger partial charge on any atom is -0.469 e. The number of alkyl halides is 2. The van der Waals surface area contributed by atoms with Crippen LogP contribution >= 0.6 is 0 Å². The van der Waals surface area contributed by atoms with Gasteiger partial charge in [-0.15, -0.1) is 0 Å². The van der Waals surface area contributed by atoms with Crippen molar-refractivity contribution in [3.63, 3.8) is 0 Å². The van der Waals surface area contributed by atoms with Crippen LogP contribution in [-0.2, 0) is 16.0 Å². The molecule has 1 aromatic rings. The topological polar surface area (TPSA) is 82.3 Å². The summed E-state index contributed by atoms with van der Waals surface area (Å²) in [4.78, 5) is 23.3. The molecular formula is C9H7F3N2O4. The van der Waals surface area contributed by atoms with E-state index in [0.29, 0.717) is 6.07 Å². The fraction of sp³-hybridized carbons (Fsp3) is 0.333. The van der Waals surface area contributed by atoms with Gasteiger partial charge < -0.3 is 14.9 Å². The lowest BCUT2D eigenvalue weighted by molar-refractivity contribution is -0.392. The van der Waals surface area contributed by atoms with Crippen molar-refractivity contribution in [1.82, 2.24) is 4.98 Å². The number of halogens is 3. The number of ether oxygens (including phenoxy) is 1. The summed E-state index contributed by atoms with van der Waals surface area (Å²) in [6.07, 6.45) is -3.80. The maximum Gasteiger partial charge on any atom is 0.400 e. The zero-order valence-corrected chi connectivity index (χ0v) is 9.02. The number of pyridine rings is 1. The lowest BCUT2D eigenvalue weighted by atomic mass is 10.1. The van der Waals surface area contributed by atoms with Crippen LogP contribution in [-0.4, -0.2) is 23.0 Å². The standard InChI is InChI=1S/C9H7F3N2O4/c1-18-7(15)3-6-4(8(11)12)2-5(10)9(13-6)14(16)17/h2,8H,3H2,1H3. The van der Waals surface area contributed by atoms with Crippen molar-refractivity contribution < 1.29 is 27.6 Å². The minimum atomic E-state index is -3.10. The maximum atomic E-state index is 13.1. The summed E-state index contributed by atoms with van der Waals surface area (Å²) in [7, 11) is 1.02. The van der Waals surface area contributed by atoms with E-state index in [0.717, 1.165) is 7.11 Å². The number of hydrogen-bond donors (Lipinski definition) is 0. The van der Waals surface area contributed by atoms with Gasteiger partial charge in [-0.2, -0.15) is 4.39 Å². The van der Waals surface area contributed by atoms with E-state index in [1.807, 2.05) is 0 Å². The molecule has 0 aromatic carbocycles. The molecule has 98 valence electrons. The molecule has 0 N–H and O–H groups in total. The molecule has 0 aliphatic rings. The smallest absolute Gasteiger partial charge is 0.400 e. The van der Waals surface area contributed by atoms with Crippen LogP contribution < -0.4 is 0 Å². The Hall–Kier alpha value is -2.19. The number of hydrogen-bond acceptors (Lipinski definition) is 5. The van der Waals surface area contributed by atoms with Gasteiger partial charge in [0.25, 0.3) is 6.43 Å². The molecule has 0 spiro atoms. The van der Waals surface area contributed by atoms with E-state index in [4.69, 9.17) is 0 Å². The average Bonchev–Trinajstić information content (AvgIpc) is 2.29. The molecule has 0 saturated carbocycles. The van der Waals surface area contributed by atoms with Crippen LogP contribution in [0.25, 0.3) is 0 Å². The molecule has 0 atom stereocenters. The molecule has 9 heteroatoms. The zero-order valence-electron chi connectivity index (χ0n) is 9.02. The van der Waals surface area contributed by atoms with Crippen molar-refractivity contribution in [1.29, 1.82) is 0 Å². The Morgan fingerprint density at radius 3 is 2.67 bits per heavy atom. The Morgan fingerprint density at radius 1 is 1.61 bits per heavy atom. The summed E-state index contributed by atoms with van der Waals surface area (Å²) in [5.74, 6) is -3.60. The Morgan fingerprint density at radius 2 is 2.22 bits per heavy atom. The molecule has 18 heavy (non-hydrogen) atoms. The Labute approximate surface area is 98.5 Å². The molecule has 0 aliphatic carbocycles. The third-order valence-electron chi connectivity index (χ3n) is 2.02. The van der Waals surface area contributed by atoms with Gasteiger partial charge in [0, 0.05) is 0 Å². The summed E-state index contributed by atoms with van der Waals surface area (Å²) >= 11 is 0. The lowest BCUT2D eigenvalue weighted by Crippen LogP contribution is -2.11. The first-order valence-corrected chi connectivity index (χ1v) is 4.55. The monoisotopic (exact) mass is 264 g/mol. The highest BCUT2D eigenvalue weighted by atomic mass is 19.3. The van der Waals surface area contributed by atoms with Crippen molar-refractivity contribution in [2.75, 3.05) is 7.11 Å². The van der Waals surface area contributed by atoms with Crippen molar-refractivity contribution >= 4 is 11.8 Å². The molecule has 1 heterocycles. The second kappa shape index (κ2) is 5.43. The number of aromatic nitrogens is 1. The van der Waals surface area contributed by atoms with Gasteiger partial charge in [-0.3, -0.25) is 4.79 Å². The van der Waals surface area contributed by atoms with Gasteiger partial charge in [-0.05, 0) is 16.0 Å². The number of rotatable bonds is 4. The van der Waals surface area contributed by atoms with Crippen LogP contribution in [0.15, 0.2) is 6.07 Å². The van der Waals surface area contributed by atoms with E-state index in [1.165, 1.54) is 0 Å². The lowest BCUT2D eigenvalue weighted by Gasteiger charge is -2.04. The SMILES string of the molecule is COC(=O)Cc1nc([N+](=O)[O-])c(F)cc1C(F)F. The molecule has 1 aromatic heterocycles. The first kappa shape index (κ1) is 13.9. The van der Waals surface area contributed by atoms with Crippen LogP contribution in [0.4, 0.5) is 19.0 Å². The van der Waals surface area contributed by atoms with Crippen molar-refractivity contribution in [2.24, 2.45) is 0 Å². The highest BCUT2D eigenvalue weighted by Gasteiger charge is 2.27. The van der Waals surface area contributed by atoms with Crippen LogP contribution in [0, 0.1) is 15.9 Å². The average molecular weight is 264 g/mol. The number of nitrogens with zero attached hydrogens (tertiary/aromatic N) is 2. The zero-order chi connectivity index (χ0) is 13.9. The molecule has 0 radical (unpaired) electrons. The van der Waals surface area contributed by atoms with Gasteiger partial charge in [-0.25, -0.2) is 8.78 Å². The first-order valence-electron chi connectivity index (χ1n) is 4.55. The van der Waals surface area contributed by atoms with E-state index >= 15 is 0 Å². The largest absolute Gasteiger partial charge is 0.469 e. The van der Waals surface area contributed by atoms with Crippen LogP contribution in [0.1, 0.15) is 17.7 Å². The molecule has 1 rings (SSSR count). The highest BCUT2D eigenvalue weighted by molar-refractivity contribution is 5.72. The van der Waals surface area contributed by atoms with E-state index in [-0.39, 0.29) is 0 Å². The molecular weight excluding hydrogens is 257 g/mol. The Balaban J connectivity index is 3.30. The van der Waals surface area contributed by atoms with E-state index in [2.05, 4.69) is 9.72 Å². The molecule has 0 saturated heterocycles. The van der Waals surface area contributed by atoms with E-state index < -0.39 is 46.6 Å². The predicted molar refractivity (Wildman–Crippen MR) is 51.5 cm³/mol. The molecule has 0 aliphatic heterocycles. The number of carbonyl (C=O) groups excluding carboxylic acids is 1. The van der Waals surface area contributed by atoms with Gasteiger partial charge in [-0.1, -0.05) is 0 Å². The highest BCUT2D eigenvalue weighted by Crippen LogP contribution is 2.26. The molecule has 6 nitrogen and oxygen atoms in total. The molecule has 0 fully saturated rings. The number of methoxy groups -OCH3 is 1. The van der Waals surface area contributed by atoms with Gasteiger partial charge in [0.15, 0.2) is 5.69 Å². The summed E-state index contributed by atoms with van der Waals surface area (Å²) in [6, 6.07) is 0.300. The first-order chi connectivity index (χ1) is 8.36. The second-order valence-electron chi connectivity index (χ2n) is 3.14. The van der Waals surface area contributed by atoms with Gasteiger partial charge in [0.05, 0.1) is 12.7 Å². The van der Waals surface area contributed by atoms with Crippen molar-refractivity contribution in [2.45, 2.75) is 12.8 Å². The van der Waals surface area contributed by atoms with Gasteiger partial charge >= 0.3 is 11.8 Å². The number of esters is 1. The summed E-state index contributed by atoms with van der Waals surface area (Å²) in [5.41, 5.74) is -1.45. The fourth-order valence-corrected chi connectivity index (χ4v) is 1.20. The maximum absolute atomic E-state index is 13.1. The van der Waals surface area contributed by atoms with E-state index in [1.54, 1.807) is 0 Å². The quantitative estimate of drug-likeness (QED) is 0.470. The second-order valence-corrected chi connectivity index (χ2v) is 3.14. The van der Waals surface area contributed by atoms with Crippen LogP contribution in [0.3, 0.4) is 0 Å². The molecule has 0 unspecified atom stereocenters. The predicted octanol–water partition coefficient (Wildman–Crippen LogP) is 1.78. The fourth-order valence-electron chi connectivity index (χ4n) is 1.20. The van der Waals surface area contributed by atoms with Crippen molar-refractivity contribution in [3.05, 3.63) is 33.3 Å². The summed E-state index contributed by atoms with van der Waals surface area (Å²) in [5, 5.41) is 10.4. The summed E-state index contributed by atoms with van der Waals surface area (Å²) in [6.45, 7) is 0. The number of carbonyl (C=O) groups is 1. The summed E-state index contributed by atoms with van der Waals surface area (Å²) < 4.78 is 42.5. The molecule has 0 bridgehead atoms. The Kier molecular flexibility index (Phi) is 4.18.